The van der Waals surface area contributed by atoms with Crippen LogP contribution in [-0.2, 0) is 4.74 Å². The molecule has 1 heterocycles. The summed E-state index contributed by atoms with van der Waals surface area (Å²) in [5.41, 5.74) is 0.771. The highest BCUT2D eigenvalue weighted by Gasteiger charge is 2.13. The van der Waals surface area contributed by atoms with Crippen LogP contribution in [0.4, 0.5) is 5.69 Å². The molecule has 2 aromatic rings. The number of nitrogens with zero attached hydrogens (tertiary/aromatic N) is 1. The minimum atomic E-state index is -0.440. The van der Waals surface area contributed by atoms with E-state index in [0.717, 1.165) is 0 Å². The second-order valence-electron chi connectivity index (χ2n) is 4.59. The first-order chi connectivity index (χ1) is 11.1. The average Bonchev–Trinajstić information content (AvgIpc) is 2.57. The minimum Gasteiger partial charge on any atom is -0.383 e. The maximum Gasteiger partial charge on any atom is 0.274 e. The van der Waals surface area contributed by atoms with Crippen molar-refractivity contribution in [2.24, 2.45) is 0 Å². The highest BCUT2D eigenvalue weighted by molar-refractivity contribution is 6.33. The van der Waals surface area contributed by atoms with Gasteiger partial charge in [-0.1, -0.05) is 29.8 Å². The van der Waals surface area contributed by atoms with Crippen LogP contribution in [0, 0.1) is 0 Å². The van der Waals surface area contributed by atoms with Crippen molar-refractivity contribution in [1.29, 1.82) is 0 Å². The second-order valence-corrected chi connectivity index (χ2v) is 5.00. The van der Waals surface area contributed by atoms with Gasteiger partial charge in [0.1, 0.15) is 11.4 Å². The van der Waals surface area contributed by atoms with E-state index in [-0.39, 0.29) is 17.3 Å². The predicted molar refractivity (Wildman–Crippen MR) is 87.9 cm³/mol. The third kappa shape index (κ3) is 4.77. The normalized spacial score (nSPS) is 10.2. The molecule has 1 aromatic carbocycles. The van der Waals surface area contributed by atoms with E-state index in [9.17, 15) is 9.59 Å². The van der Waals surface area contributed by atoms with E-state index in [1.807, 2.05) is 0 Å². The molecule has 0 fully saturated rings. The fraction of sp³-hybridized carbons (Fsp3) is 0.188. The van der Waals surface area contributed by atoms with Gasteiger partial charge in [0, 0.05) is 13.7 Å². The summed E-state index contributed by atoms with van der Waals surface area (Å²) < 4.78 is 4.86. The number of methoxy groups -OCH3 is 1. The van der Waals surface area contributed by atoms with Crippen molar-refractivity contribution in [1.82, 2.24) is 10.3 Å². The van der Waals surface area contributed by atoms with Crippen molar-refractivity contribution in [3.63, 3.8) is 0 Å². The zero-order valence-electron chi connectivity index (χ0n) is 12.5. The Hall–Kier alpha value is -2.44. The van der Waals surface area contributed by atoms with Gasteiger partial charge in [0.25, 0.3) is 11.8 Å². The number of aromatic nitrogens is 1. The number of carbonyl (C=O) groups excluding carboxylic acids is 2. The zero-order chi connectivity index (χ0) is 16.7. The smallest absolute Gasteiger partial charge is 0.274 e. The van der Waals surface area contributed by atoms with E-state index < -0.39 is 5.91 Å². The molecule has 0 aliphatic heterocycles. The molecule has 6 nitrogen and oxygen atoms in total. The Bertz CT molecular complexity index is 706. The number of hydrogen-bond acceptors (Lipinski definition) is 4. The van der Waals surface area contributed by atoms with E-state index in [1.54, 1.807) is 37.4 Å². The van der Waals surface area contributed by atoms with Crippen molar-refractivity contribution >= 4 is 29.1 Å². The fourth-order valence-corrected chi connectivity index (χ4v) is 1.98. The Morgan fingerprint density at radius 3 is 2.48 bits per heavy atom. The number of nitrogens with one attached hydrogen (secondary N) is 2. The predicted octanol–water partition coefficient (Wildman–Crippen LogP) is 2.36. The van der Waals surface area contributed by atoms with Gasteiger partial charge < -0.3 is 15.4 Å². The molecule has 0 atom stereocenters. The van der Waals surface area contributed by atoms with Crippen molar-refractivity contribution in [2.75, 3.05) is 25.6 Å². The standard InChI is InChI=1S/C16H16ClN3O3/c1-23-10-9-18-15(21)13-7-4-8-14(19-13)16(22)20-12-6-3-2-5-11(12)17/h2-8H,9-10H2,1H3,(H,18,21)(H,20,22). The lowest BCUT2D eigenvalue weighted by Crippen LogP contribution is -2.28. The van der Waals surface area contributed by atoms with E-state index in [4.69, 9.17) is 16.3 Å². The summed E-state index contributed by atoms with van der Waals surface area (Å²) in [4.78, 5) is 28.2. The summed E-state index contributed by atoms with van der Waals surface area (Å²) in [5, 5.41) is 5.73. The Balaban J connectivity index is 2.08. The average molecular weight is 334 g/mol. The summed E-state index contributed by atoms with van der Waals surface area (Å²) in [7, 11) is 1.55. The zero-order valence-corrected chi connectivity index (χ0v) is 13.3. The minimum absolute atomic E-state index is 0.129. The van der Waals surface area contributed by atoms with Crippen LogP contribution >= 0.6 is 11.6 Å². The molecule has 2 N–H and O–H groups in total. The number of benzene rings is 1. The van der Waals surface area contributed by atoms with Crippen LogP contribution in [-0.4, -0.2) is 37.1 Å². The molecular formula is C16H16ClN3O3. The number of amides is 2. The van der Waals surface area contributed by atoms with Crippen molar-refractivity contribution in [3.05, 3.63) is 58.9 Å². The summed E-state index contributed by atoms with van der Waals surface area (Å²) in [6.45, 7) is 0.769. The Labute approximate surface area is 138 Å². The van der Waals surface area contributed by atoms with Gasteiger partial charge in [-0.3, -0.25) is 9.59 Å². The van der Waals surface area contributed by atoms with Gasteiger partial charge in [-0.25, -0.2) is 4.98 Å². The highest BCUT2D eigenvalue weighted by Crippen LogP contribution is 2.20. The van der Waals surface area contributed by atoms with E-state index in [2.05, 4.69) is 15.6 Å². The van der Waals surface area contributed by atoms with Crippen LogP contribution in [0.1, 0.15) is 21.0 Å². The number of para-hydroxylation sites is 1. The summed E-state index contributed by atoms with van der Waals surface area (Å²) in [6.07, 6.45) is 0. The molecule has 120 valence electrons. The molecule has 0 aliphatic rings. The maximum atomic E-state index is 12.2. The van der Waals surface area contributed by atoms with Crippen LogP contribution in [0.3, 0.4) is 0 Å². The number of ether oxygens (including phenoxy) is 1. The van der Waals surface area contributed by atoms with Crippen molar-refractivity contribution in [3.8, 4) is 0 Å². The molecule has 2 amide bonds. The Morgan fingerprint density at radius 2 is 1.78 bits per heavy atom. The van der Waals surface area contributed by atoms with E-state index in [1.165, 1.54) is 12.1 Å². The van der Waals surface area contributed by atoms with E-state index >= 15 is 0 Å². The summed E-state index contributed by atoms with van der Waals surface area (Å²) in [6, 6.07) is 11.5. The molecule has 0 aliphatic carbocycles. The molecule has 0 saturated heterocycles. The van der Waals surface area contributed by atoms with Gasteiger partial charge in [0.15, 0.2) is 0 Å². The number of anilines is 1. The topological polar surface area (TPSA) is 80.3 Å². The van der Waals surface area contributed by atoms with E-state index in [0.29, 0.717) is 23.9 Å². The molecular weight excluding hydrogens is 318 g/mol. The number of carbonyl (C=O) groups is 2. The molecule has 0 saturated carbocycles. The fourth-order valence-electron chi connectivity index (χ4n) is 1.79. The van der Waals surface area contributed by atoms with Gasteiger partial charge in [-0.15, -0.1) is 0 Å². The first-order valence-electron chi connectivity index (χ1n) is 6.92. The molecule has 0 bridgehead atoms. The Kier molecular flexibility index (Phi) is 6.08. The lowest BCUT2D eigenvalue weighted by atomic mass is 10.2. The first-order valence-corrected chi connectivity index (χ1v) is 7.29. The maximum absolute atomic E-state index is 12.2. The van der Waals surface area contributed by atoms with Crippen LogP contribution < -0.4 is 10.6 Å². The largest absolute Gasteiger partial charge is 0.383 e. The molecule has 0 spiro atoms. The van der Waals surface area contributed by atoms with Crippen LogP contribution in [0.15, 0.2) is 42.5 Å². The lowest BCUT2D eigenvalue weighted by Gasteiger charge is -2.08. The third-order valence-corrected chi connectivity index (χ3v) is 3.26. The highest BCUT2D eigenvalue weighted by atomic mass is 35.5. The monoisotopic (exact) mass is 333 g/mol. The van der Waals surface area contributed by atoms with Gasteiger partial charge in [0.2, 0.25) is 0 Å². The van der Waals surface area contributed by atoms with Crippen molar-refractivity contribution in [2.45, 2.75) is 0 Å². The first kappa shape index (κ1) is 16.9. The summed E-state index contributed by atoms with van der Waals surface area (Å²) >= 11 is 6.00. The number of pyridine rings is 1. The van der Waals surface area contributed by atoms with Crippen LogP contribution in [0.2, 0.25) is 5.02 Å². The quantitative estimate of drug-likeness (QED) is 0.795. The van der Waals surface area contributed by atoms with Crippen LogP contribution in [0.5, 0.6) is 0 Å². The van der Waals surface area contributed by atoms with Crippen LogP contribution in [0.25, 0.3) is 0 Å². The van der Waals surface area contributed by atoms with Gasteiger partial charge in [-0.05, 0) is 24.3 Å². The molecule has 23 heavy (non-hydrogen) atoms. The molecule has 1 aromatic heterocycles. The van der Waals surface area contributed by atoms with Gasteiger partial charge in [0.05, 0.1) is 17.3 Å². The third-order valence-electron chi connectivity index (χ3n) is 2.93. The van der Waals surface area contributed by atoms with Crippen molar-refractivity contribution < 1.29 is 14.3 Å². The number of rotatable bonds is 6. The second kappa shape index (κ2) is 8.26. The molecule has 7 heteroatoms. The number of halogens is 1. The summed E-state index contributed by atoms with van der Waals surface area (Å²) in [5.74, 6) is -0.806. The Morgan fingerprint density at radius 1 is 1.09 bits per heavy atom. The number of hydrogen-bond donors (Lipinski definition) is 2. The van der Waals surface area contributed by atoms with Gasteiger partial charge in [-0.2, -0.15) is 0 Å². The molecule has 2 rings (SSSR count). The molecule has 0 unspecified atom stereocenters. The van der Waals surface area contributed by atoms with Gasteiger partial charge >= 0.3 is 0 Å². The molecule has 0 radical (unpaired) electrons. The SMILES string of the molecule is COCCNC(=O)c1cccc(C(=O)Nc2ccccc2Cl)n1. The lowest BCUT2D eigenvalue weighted by molar-refractivity contribution is 0.0932.